The van der Waals surface area contributed by atoms with Gasteiger partial charge in [-0.3, -0.25) is 4.79 Å². The van der Waals surface area contributed by atoms with Crippen LogP contribution < -0.4 is 14.8 Å². The van der Waals surface area contributed by atoms with Crippen molar-refractivity contribution in [2.75, 3.05) is 13.3 Å². The van der Waals surface area contributed by atoms with Crippen LogP contribution in [0, 0.1) is 11.6 Å². The Kier molecular flexibility index (Phi) is 3.91. The van der Waals surface area contributed by atoms with Gasteiger partial charge >= 0.3 is 0 Å². The van der Waals surface area contributed by atoms with E-state index in [-0.39, 0.29) is 31.2 Å². The summed E-state index contributed by atoms with van der Waals surface area (Å²) in [5.41, 5.74) is 0.648. The quantitative estimate of drug-likeness (QED) is 0.944. The lowest BCUT2D eigenvalue weighted by atomic mass is 10.1. The van der Waals surface area contributed by atoms with Crippen molar-refractivity contribution in [3.05, 3.63) is 59.2 Å². The first-order valence-electron chi connectivity index (χ1n) is 6.75. The van der Waals surface area contributed by atoms with Gasteiger partial charge in [-0.25, -0.2) is 8.78 Å². The predicted molar refractivity (Wildman–Crippen MR) is 75.0 cm³/mol. The molecule has 0 saturated heterocycles. The zero-order valence-corrected chi connectivity index (χ0v) is 11.6. The van der Waals surface area contributed by atoms with Gasteiger partial charge in [-0.2, -0.15) is 0 Å². The minimum Gasteiger partial charge on any atom is -0.454 e. The summed E-state index contributed by atoms with van der Waals surface area (Å²) in [6.45, 7) is 0.340. The lowest BCUT2D eigenvalue weighted by Crippen LogP contribution is -2.25. The van der Waals surface area contributed by atoms with Crippen LogP contribution in [0.3, 0.4) is 0 Å². The number of benzene rings is 2. The maximum atomic E-state index is 13.5. The summed E-state index contributed by atoms with van der Waals surface area (Å²) < 4.78 is 36.9. The van der Waals surface area contributed by atoms with E-state index in [4.69, 9.17) is 9.47 Å². The Labute approximate surface area is 125 Å². The average molecular weight is 305 g/mol. The Morgan fingerprint density at radius 2 is 1.91 bits per heavy atom. The van der Waals surface area contributed by atoms with E-state index in [1.807, 2.05) is 0 Å². The summed E-state index contributed by atoms with van der Waals surface area (Å²) >= 11 is 0. The van der Waals surface area contributed by atoms with Crippen LogP contribution in [0.15, 0.2) is 36.4 Å². The normalized spacial score (nSPS) is 12.3. The second-order valence-corrected chi connectivity index (χ2v) is 4.81. The van der Waals surface area contributed by atoms with E-state index in [2.05, 4.69) is 5.32 Å². The maximum absolute atomic E-state index is 13.5. The van der Waals surface area contributed by atoms with Gasteiger partial charge in [0, 0.05) is 12.1 Å². The minimum atomic E-state index is -0.501. The molecule has 1 aliphatic heterocycles. The molecule has 1 N–H and O–H groups in total. The molecular weight excluding hydrogens is 292 g/mol. The second kappa shape index (κ2) is 6.01. The van der Waals surface area contributed by atoms with Crippen molar-refractivity contribution in [1.82, 2.24) is 5.32 Å². The van der Waals surface area contributed by atoms with E-state index >= 15 is 0 Å². The summed E-state index contributed by atoms with van der Waals surface area (Å²) in [4.78, 5) is 12.0. The molecule has 1 heterocycles. The zero-order valence-electron chi connectivity index (χ0n) is 11.6. The highest BCUT2D eigenvalue weighted by atomic mass is 19.1. The van der Waals surface area contributed by atoms with Crippen molar-refractivity contribution in [1.29, 1.82) is 0 Å². The summed E-state index contributed by atoms with van der Waals surface area (Å²) in [7, 11) is 0. The molecule has 22 heavy (non-hydrogen) atoms. The molecule has 1 amide bonds. The summed E-state index contributed by atoms with van der Waals surface area (Å²) in [6.07, 6.45) is 0.208. The molecule has 2 aromatic carbocycles. The number of carbonyl (C=O) groups excluding carboxylic acids is 1. The third kappa shape index (κ3) is 3.00. The molecule has 1 aliphatic rings. The van der Waals surface area contributed by atoms with E-state index in [9.17, 15) is 13.6 Å². The molecule has 3 rings (SSSR count). The number of fused-ring (bicyclic) bond motifs is 1. The number of nitrogens with one attached hydrogen (secondary N) is 1. The number of halogens is 2. The molecule has 0 unspecified atom stereocenters. The molecule has 0 radical (unpaired) electrons. The molecule has 0 saturated carbocycles. The number of amides is 1. The van der Waals surface area contributed by atoms with Gasteiger partial charge in [-0.05, 0) is 48.4 Å². The van der Waals surface area contributed by atoms with Crippen LogP contribution in [0.1, 0.15) is 15.9 Å². The van der Waals surface area contributed by atoms with Crippen LogP contribution >= 0.6 is 0 Å². The molecule has 0 spiro atoms. The first-order chi connectivity index (χ1) is 10.6. The average Bonchev–Trinajstić information content (AvgIpc) is 2.98. The van der Waals surface area contributed by atoms with E-state index in [0.29, 0.717) is 17.1 Å². The van der Waals surface area contributed by atoms with E-state index in [1.165, 1.54) is 0 Å². The van der Waals surface area contributed by atoms with Crippen LogP contribution in [-0.2, 0) is 6.42 Å². The van der Waals surface area contributed by atoms with Crippen molar-refractivity contribution < 1.29 is 23.0 Å². The monoisotopic (exact) mass is 305 g/mol. The molecule has 4 nitrogen and oxygen atoms in total. The van der Waals surface area contributed by atoms with Gasteiger partial charge in [0.15, 0.2) is 11.5 Å². The van der Waals surface area contributed by atoms with Crippen LogP contribution in [0.2, 0.25) is 0 Å². The highest BCUT2D eigenvalue weighted by Gasteiger charge is 2.16. The van der Waals surface area contributed by atoms with E-state index in [0.717, 1.165) is 18.2 Å². The highest BCUT2D eigenvalue weighted by molar-refractivity contribution is 5.94. The van der Waals surface area contributed by atoms with E-state index in [1.54, 1.807) is 18.2 Å². The van der Waals surface area contributed by atoms with Crippen LogP contribution in [-0.4, -0.2) is 19.2 Å². The van der Waals surface area contributed by atoms with Gasteiger partial charge in [0.2, 0.25) is 6.79 Å². The molecule has 114 valence electrons. The van der Waals surface area contributed by atoms with Crippen molar-refractivity contribution >= 4 is 5.91 Å². The minimum absolute atomic E-state index is 0.138. The van der Waals surface area contributed by atoms with Crippen molar-refractivity contribution in [3.8, 4) is 11.5 Å². The van der Waals surface area contributed by atoms with Gasteiger partial charge in [0.1, 0.15) is 11.6 Å². The largest absolute Gasteiger partial charge is 0.454 e. The molecule has 0 aromatic heterocycles. The number of carbonyl (C=O) groups is 1. The fourth-order valence-corrected chi connectivity index (χ4v) is 2.19. The first-order valence-corrected chi connectivity index (χ1v) is 6.75. The molecular formula is C16H13F2NO3. The molecule has 0 aliphatic carbocycles. The maximum Gasteiger partial charge on any atom is 0.251 e. The van der Waals surface area contributed by atoms with Crippen LogP contribution in [0.4, 0.5) is 8.78 Å². The topological polar surface area (TPSA) is 47.6 Å². The summed E-state index contributed by atoms with van der Waals surface area (Å²) in [6, 6.07) is 8.12. The fraction of sp³-hybridized carbons (Fsp3) is 0.188. The van der Waals surface area contributed by atoms with Crippen molar-refractivity contribution in [2.45, 2.75) is 6.42 Å². The lowest BCUT2D eigenvalue weighted by molar-refractivity contribution is 0.0953. The predicted octanol–water partition coefficient (Wildman–Crippen LogP) is 2.67. The smallest absolute Gasteiger partial charge is 0.251 e. The van der Waals surface area contributed by atoms with Gasteiger partial charge < -0.3 is 14.8 Å². The standard InChI is InChI=1S/C16H13F2NO3/c17-12-2-3-13(18)10(7-12)5-6-19-16(20)11-1-4-14-15(8-11)22-9-21-14/h1-4,7-8H,5-6,9H2,(H,19,20). The van der Waals surface area contributed by atoms with Gasteiger partial charge in [-0.1, -0.05) is 0 Å². The number of hydrogen-bond acceptors (Lipinski definition) is 3. The Hall–Kier alpha value is -2.63. The SMILES string of the molecule is O=C(NCCc1cc(F)ccc1F)c1ccc2c(c1)OCO2. The Bertz CT molecular complexity index is 719. The number of hydrogen-bond donors (Lipinski definition) is 1. The number of ether oxygens (including phenoxy) is 2. The molecule has 6 heteroatoms. The Balaban J connectivity index is 1.59. The summed E-state index contributed by atoms with van der Waals surface area (Å²) in [5, 5.41) is 2.66. The van der Waals surface area contributed by atoms with Gasteiger partial charge in [0.05, 0.1) is 0 Å². The van der Waals surface area contributed by atoms with Crippen molar-refractivity contribution in [3.63, 3.8) is 0 Å². The Morgan fingerprint density at radius 3 is 2.77 bits per heavy atom. The molecule has 2 aromatic rings. The zero-order chi connectivity index (χ0) is 15.5. The fourth-order valence-electron chi connectivity index (χ4n) is 2.19. The second-order valence-electron chi connectivity index (χ2n) is 4.81. The third-order valence-electron chi connectivity index (χ3n) is 3.32. The molecule has 0 atom stereocenters. The first kappa shape index (κ1) is 14.3. The highest BCUT2D eigenvalue weighted by Crippen LogP contribution is 2.32. The third-order valence-corrected chi connectivity index (χ3v) is 3.32. The van der Waals surface area contributed by atoms with Gasteiger partial charge in [-0.15, -0.1) is 0 Å². The van der Waals surface area contributed by atoms with Crippen LogP contribution in [0.5, 0.6) is 11.5 Å². The van der Waals surface area contributed by atoms with E-state index < -0.39 is 11.6 Å². The van der Waals surface area contributed by atoms with Crippen LogP contribution in [0.25, 0.3) is 0 Å². The summed E-state index contributed by atoms with van der Waals surface area (Å²) in [5.74, 6) is -0.186. The molecule has 0 bridgehead atoms. The molecule has 0 fully saturated rings. The van der Waals surface area contributed by atoms with Crippen molar-refractivity contribution in [2.24, 2.45) is 0 Å². The Morgan fingerprint density at radius 1 is 1.09 bits per heavy atom. The van der Waals surface area contributed by atoms with Gasteiger partial charge in [0.25, 0.3) is 5.91 Å². The number of rotatable bonds is 4. The lowest BCUT2D eigenvalue weighted by Gasteiger charge is -2.07.